The van der Waals surface area contributed by atoms with E-state index >= 15 is 0 Å². The number of primary amides is 1. The van der Waals surface area contributed by atoms with Gasteiger partial charge < -0.3 is 10.7 Å². The van der Waals surface area contributed by atoms with Crippen molar-refractivity contribution < 1.29 is 4.79 Å². The SMILES string of the molecule is NC(=O)c1nc(-c2ccc3ncccc3c2)nc2c1[nH]c(=O)n2CCc1ccccc1. The highest BCUT2D eigenvalue weighted by molar-refractivity contribution is 6.02. The van der Waals surface area contributed by atoms with Gasteiger partial charge in [0.05, 0.1) is 5.52 Å². The number of aryl methyl sites for hydroxylation is 2. The van der Waals surface area contributed by atoms with E-state index in [9.17, 15) is 9.59 Å². The molecule has 0 radical (unpaired) electrons. The molecule has 8 heteroatoms. The van der Waals surface area contributed by atoms with Crippen molar-refractivity contribution in [2.24, 2.45) is 5.73 Å². The molecule has 0 aliphatic rings. The van der Waals surface area contributed by atoms with Gasteiger partial charge in [0.2, 0.25) is 0 Å². The summed E-state index contributed by atoms with van der Waals surface area (Å²) >= 11 is 0. The van der Waals surface area contributed by atoms with Crippen molar-refractivity contribution in [1.82, 2.24) is 24.5 Å². The van der Waals surface area contributed by atoms with Gasteiger partial charge in [-0.05, 0) is 36.2 Å². The summed E-state index contributed by atoms with van der Waals surface area (Å²) in [6.07, 6.45) is 2.36. The van der Waals surface area contributed by atoms with Gasteiger partial charge in [0, 0.05) is 23.7 Å². The number of imidazole rings is 1. The predicted molar refractivity (Wildman–Crippen MR) is 118 cm³/mol. The lowest BCUT2D eigenvalue weighted by Crippen LogP contribution is -2.18. The second-order valence-electron chi connectivity index (χ2n) is 7.19. The Morgan fingerprint density at radius 3 is 2.68 bits per heavy atom. The Bertz CT molecular complexity index is 1490. The fourth-order valence-corrected chi connectivity index (χ4v) is 3.65. The number of aromatic nitrogens is 5. The minimum atomic E-state index is -0.729. The standard InChI is InChI=1S/C23H18N6O2/c24-20(30)18-19-22(29(23(31)27-19)12-10-14-5-2-1-3-6-14)28-21(26-18)16-8-9-17-15(13-16)7-4-11-25-17/h1-9,11,13H,10,12H2,(H2,24,30)(H,27,31). The largest absolute Gasteiger partial charge is 0.364 e. The topological polar surface area (TPSA) is 120 Å². The maximum Gasteiger partial charge on any atom is 0.327 e. The van der Waals surface area contributed by atoms with E-state index in [0.29, 0.717) is 30.0 Å². The summed E-state index contributed by atoms with van der Waals surface area (Å²) in [7, 11) is 0. The van der Waals surface area contributed by atoms with Crippen LogP contribution in [0.3, 0.4) is 0 Å². The van der Waals surface area contributed by atoms with Crippen LogP contribution in [0.25, 0.3) is 33.5 Å². The van der Waals surface area contributed by atoms with Crippen LogP contribution in [-0.4, -0.2) is 30.4 Å². The van der Waals surface area contributed by atoms with Gasteiger partial charge in [0.15, 0.2) is 17.2 Å². The average molecular weight is 410 g/mol. The van der Waals surface area contributed by atoms with Gasteiger partial charge in [-0.15, -0.1) is 0 Å². The Balaban J connectivity index is 1.65. The van der Waals surface area contributed by atoms with Gasteiger partial charge in [-0.2, -0.15) is 0 Å². The molecule has 3 N–H and O–H groups in total. The van der Waals surface area contributed by atoms with Crippen molar-refractivity contribution in [3.8, 4) is 11.4 Å². The van der Waals surface area contributed by atoms with Crippen LogP contribution in [0.1, 0.15) is 16.1 Å². The number of nitrogens with one attached hydrogen (secondary N) is 1. The molecule has 3 aromatic heterocycles. The van der Waals surface area contributed by atoms with E-state index < -0.39 is 5.91 Å². The molecule has 1 amide bonds. The number of nitrogens with zero attached hydrogens (tertiary/aromatic N) is 4. The van der Waals surface area contributed by atoms with Crippen LogP contribution in [-0.2, 0) is 13.0 Å². The van der Waals surface area contributed by atoms with Crippen molar-refractivity contribution >= 4 is 28.0 Å². The lowest BCUT2D eigenvalue weighted by Gasteiger charge is -2.07. The third kappa shape index (κ3) is 3.44. The molecule has 0 spiro atoms. The number of benzene rings is 2. The molecule has 0 atom stereocenters. The number of hydrogen-bond donors (Lipinski definition) is 2. The summed E-state index contributed by atoms with van der Waals surface area (Å²) < 4.78 is 1.52. The molecule has 5 aromatic rings. The zero-order valence-corrected chi connectivity index (χ0v) is 16.4. The van der Waals surface area contributed by atoms with Crippen molar-refractivity contribution in [1.29, 1.82) is 0 Å². The van der Waals surface area contributed by atoms with Gasteiger partial charge in [-0.25, -0.2) is 14.8 Å². The third-order valence-electron chi connectivity index (χ3n) is 5.18. The van der Waals surface area contributed by atoms with E-state index in [-0.39, 0.29) is 16.9 Å². The zero-order valence-electron chi connectivity index (χ0n) is 16.4. The molecule has 5 rings (SSSR count). The first-order valence-corrected chi connectivity index (χ1v) is 9.79. The third-order valence-corrected chi connectivity index (χ3v) is 5.18. The second-order valence-corrected chi connectivity index (χ2v) is 7.19. The van der Waals surface area contributed by atoms with Crippen LogP contribution in [0.15, 0.2) is 71.7 Å². The van der Waals surface area contributed by atoms with E-state index in [1.165, 1.54) is 4.57 Å². The van der Waals surface area contributed by atoms with Gasteiger partial charge in [-0.1, -0.05) is 36.4 Å². The monoisotopic (exact) mass is 410 g/mol. The Kier molecular flexibility index (Phi) is 4.51. The second kappa shape index (κ2) is 7.49. The molecule has 31 heavy (non-hydrogen) atoms. The molecule has 0 saturated carbocycles. The van der Waals surface area contributed by atoms with Crippen LogP contribution >= 0.6 is 0 Å². The van der Waals surface area contributed by atoms with Crippen molar-refractivity contribution in [2.45, 2.75) is 13.0 Å². The number of nitrogens with two attached hydrogens (primary N) is 1. The van der Waals surface area contributed by atoms with E-state index in [1.807, 2.05) is 60.7 Å². The number of hydrogen-bond acceptors (Lipinski definition) is 5. The Morgan fingerprint density at radius 2 is 1.87 bits per heavy atom. The van der Waals surface area contributed by atoms with E-state index in [4.69, 9.17) is 5.73 Å². The summed E-state index contributed by atoms with van der Waals surface area (Å²) in [5.41, 5.74) is 8.43. The Hall–Kier alpha value is -4.33. The van der Waals surface area contributed by atoms with Gasteiger partial charge >= 0.3 is 5.69 Å². The van der Waals surface area contributed by atoms with Gasteiger partial charge in [0.1, 0.15) is 5.52 Å². The number of aromatic amines is 1. The number of carbonyl (C=O) groups excluding carboxylic acids is 1. The minimum absolute atomic E-state index is 0.0122. The van der Waals surface area contributed by atoms with Gasteiger partial charge in [-0.3, -0.25) is 14.3 Å². The number of amides is 1. The molecular weight excluding hydrogens is 392 g/mol. The maximum absolute atomic E-state index is 12.6. The molecule has 2 aromatic carbocycles. The summed E-state index contributed by atoms with van der Waals surface area (Å²) in [6.45, 7) is 0.402. The molecule has 0 aliphatic heterocycles. The lowest BCUT2D eigenvalue weighted by molar-refractivity contribution is 0.0997. The number of pyridine rings is 1. The van der Waals surface area contributed by atoms with E-state index in [0.717, 1.165) is 16.5 Å². The summed E-state index contributed by atoms with van der Waals surface area (Å²) in [4.78, 5) is 40.7. The highest BCUT2D eigenvalue weighted by Gasteiger charge is 2.19. The maximum atomic E-state index is 12.6. The first kappa shape index (κ1) is 18.7. The Labute approximate surface area is 176 Å². The molecule has 0 bridgehead atoms. The smallest absolute Gasteiger partial charge is 0.327 e. The number of carbonyl (C=O) groups is 1. The van der Waals surface area contributed by atoms with Crippen molar-refractivity contribution in [3.63, 3.8) is 0 Å². The Morgan fingerprint density at radius 1 is 1.03 bits per heavy atom. The number of rotatable bonds is 5. The molecule has 8 nitrogen and oxygen atoms in total. The summed E-state index contributed by atoms with van der Waals surface area (Å²) in [5, 5.41) is 0.917. The minimum Gasteiger partial charge on any atom is -0.364 e. The van der Waals surface area contributed by atoms with Crippen LogP contribution < -0.4 is 11.4 Å². The summed E-state index contributed by atoms with van der Waals surface area (Å²) in [5.74, 6) is -0.410. The molecule has 152 valence electrons. The van der Waals surface area contributed by atoms with Crippen LogP contribution in [0.2, 0.25) is 0 Å². The highest BCUT2D eigenvalue weighted by Crippen LogP contribution is 2.23. The molecule has 3 heterocycles. The van der Waals surface area contributed by atoms with Crippen LogP contribution in [0.4, 0.5) is 0 Å². The molecular formula is C23H18N6O2. The summed E-state index contributed by atoms with van der Waals surface area (Å²) in [6, 6.07) is 19.2. The number of H-pyrrole nitrogens is 1. The fraction of sp³-hybridized carbons (Fsp3) is 0.0870. The predicted octanol–water partition coefficient (Wildman–Crippen LogP) is 2.68. The van der Waals surface area contributed by atoms with Crippen LogP contribution in [0.5, 0.6) is 0 Å². The molecule has 0 aliphatic carbocycles. The quantitative estimate of drug-likeness (QED) is 0.462. The lowest BCUT2D eigenvalue weighted by atomic mass is 10.1. The van der Waals surface area contributed by atoms with E-state index in [2.05, 4.69) is 19.9 Å². The first-order chi connectivity index (χ1) is 15.1. The number of fused-ring (bicyclic) bond motifs is 2. The molecule has 0 fully saturated rings. The van der Waals surface area contributed by atoms with E-state index in [1.54, 1.807) is 6.20 Å². The fourth-order valence-electron chi connectivity index (χ4n) is 3.65. The van der Waals surface area contributed by atoms with Crippen molar-refractivity contribution in [2.75, 3.05) is 0 Å². The van der Waals surface area contributed by atoms with Crippen molar-refractivity contribution in [3.05, 3.63) is 88.6 Å². The van der Waals surface area contributed by atoms with Gasteiger partial charge in [0.25, 0.3) is 5.91 Å². The zero-order chi connectivity index (χ0) is 21.4. The molecule has 0 unspecified atom stereocenters. The molecule has 0 saturated heterocycles. The first-order valence-electron chi connectivity index (χ1n) is 9.79. The normalized spacial score (nSPS) is 11.2. The van der Waals surface area contributed by atoms with Crippen LogP contribution in [0, 0.1) is 0 Å². The average Bonchev–Trinajstić information content (AvgIpc) is 3.12. The highest BCUT2D eigenvalue weighted by atomic mass is 16.2.